The first-order valence-electron chi connectivity index (χ1n) is 9.51. The normalized spacial score (nSPS) is 11.0. The van der Waals surface area contributed by atoms with Gasteiger partial charge in [-0.1, -0.05) is 37.3 Å². The average Bonchev–Trinajstić information content (AvgIpc) is 3.32. The van der Waals surface area contributed by atoms with Gasteiger partial charge in [-0.2, -0.15) is 5.10 Å². The van der Waals surface area contributed by atoms with Gasteiger partial charge in [0.1, 0.15) is 5.69 Å². The van der Waals surface area contributed by atoms with Crippen LogP contribution in [0.5, 0.6) is 0 Å². The smallest absolute Gasteiger partial charge is 0.278 e. The zero-order chi connectivity index (χ0) is 19.4. The van der Waals surface area contributed by atoms with Crippen molar-refractivity contribution in [3.63, 3.8) is 0 Å². The lowest BCUT2D eigenvalue weighted by molar-refractivity contribution is 0.0973. The summed E-state index contributed by atoms with van der Waals surface area (Å²) in [5.41, 5.74) is 2.71. The van der Waals surface area contributed by atoms with Crippen LogP contribution in [0.4, 0.5) is 5.13 Å². The first kappa shape index (κ1) is 22.3. The number of nitrogens with zero attached hydrogens (tertiary/aromatic N) is 5. The molecule has 0 saturated carbocycles. The molecule has 0 radical (unpaired) electrons. The van der Waals surface area contributed by atoms with Gasteiger partial charge in [-0.25, -0.2) is 4.98 Å². The summed E-state index contributed by atoms with van der Waals surface area (Å²) in [6.45, 7) is 12.3. The predicted molar refractivity (Wildman–Crippen MR) is 119 cm³/mol. The highest BCUT2D eigenvalue weighted by atomic mass is 35.5. The van der Waals surface area contributed by atoms with E-state index < -0.39 is 0 Å². The highest BCUT2D eigenvalue weighted by Crippen LogP contribution is 2.31. The monoisotopic (exact) mass is 421 g/mol. The summed E-state index contributed by atoms with van der Waals surface area (Å²) >= 11 is 1.57. The second-order valence-corrected chi connectivity index (χ2v) is 7.44. The number of carbonyl (C=O) groups is 1. The van der Waals surface area contributed by atoms with Gasteiger partial charge in [0.25, 0.3) is 5.91 Å². The number of likely N-dealkylation sites (N-methyl/N-ethyl adjacent to an activating group) is 1. The molecule has 0 aliphatic heterocycles. The number of halogens is 1. The standard InChI is InChI=1S/C20H27N5OS.ClH/c1-5-23(6-2)13-14-24(19(26)16-11-12-21-25(16)7-3)20-22-18-15(4)9-8-10-17(18)27-20;/h8-12H,5-7,13-14H2,1-4H3;1H. The van der Waals surface area contributed by atoms with Gasteiger partial charge in [0.2, 0.25) is 0 Å². The molecule has 2 aromatic heterocycles. The van der Waals surface area contributed by atoms with Crippen LogP contribution in [0, 0.1) is 6.92 Å². The SMILES string of the molecule is CCN(CC)CCN(C(=O)c1ccnn1CC)c1nc2c(C)cccc2s1.Cl. The lowest BCUT2D eigenvalue weighted by atomic mass is 10.2. The lowest BCUT2D eigenvalue weighted by Crippen LogP contribution is -2.39. The number of aryl methyl sites for hydroxylation is 2. The number of thiazole rings is 1. The summed E-state index contributed by atoms with van der Waals surface area (Å²) in [6.07, 6.45) is 1.68. The van der Waals surface area contributed by atoms with Gasteiger partial charge in [0.05, 0.1) is 10.2 Å². The van der Waals surface area contributed by atoms with E-state index in [9.17, 15) is 4.79 Å². The van der Waals surface area contributed by atoms with E-state index in [0.29, 0.717) is 18.8 Å². The Morgan fingerprint density at radius 3 is 2.54 bits per heavy atom. The molecular formula is C20H28ClN5OS. The van der Waals surface area contributed by atoms with Crippen molar-refractivity contribution >= 4 is 45.0 Å². The van der Waals surface area contributed by atoms with Crippen LogP contribution in [0.15, 0.2) is 30.5 Å². The van der Waals surface area contributed by atoms with Crippen molar-refractivity contribution in [3.8, 4) is 0 Å². The summed E-state index contributed by atoms with van der Waals surface area (Å²) in [5.74, 6) is -0.0433. The van der Waals surface area contributed by atoms with Crippen molar-refractivity contribution in [3.05, 3.63) is 41.7 Å². The second kappa shape index (κ2) is 10.0. The zero-order valence-corrected chi connectivity index (χ0v) is 18.5. The van der Waals surface area contributed by atoms with Crippen molar-refractivity contribution in [2.75, 3.05) is 31.1 Å². The highest BCUT2D eigenvalue weighted by molar-refractivity contribution is 7.22. The number of fused-ring (bicyclic) bond motifs is 1. The van der Waals surface area contributed by atoms with E-state index in [4.69, 9.17) is 4.98 Å². The van der Waals surface area contributed by atoms with Gasteiger partial charge in [0, 0.05) is 25.8 Å². The Hall–Kier alpha value is -1.96. The number of hydrogen-bond donors (Lipinski definition) is 0. The van der Waals surface area contributed by atoms with Gasteiger partial charge < -0.3 is 4.90 Å². The summed E-state index contributed by atoms with van der Waals surface area (Å²) in [6, 6.07) is 7.94. The highest BCUT2D eigenvalue weighted by Gasteiger charge is 2.24. The van der Waals surface area contributed by atoms with Gasteiger partial charge in [0.15, 0.2) is 5.13 Å². The van der Waals surface area contributed by atoms with E-state index in [-0.39, 0.29) is 18.3 Å². The molecular weight excluding hydrogens is 394 g/mol. The molecule has 0 fully saturated rings. The van der Waals surface area contributed by atoms with Crippen molar-refractivity contribution in [1.82, 2.24) is 19.7 Å². The quantitative estimate of drug-likeness (QED) is 0.546. The van der Waals surface area contributed by atoms with Crippen LogP contribution in [0.2, 0.25) is 0 Å². The maximum Gasteiger partial charge on any atom is 0.278 e. The fourth-order valence-electron chi connectivity index (χ4n) is 3.16. The van der Waals surface area contributed by atoms with E-state index in [1.807, 2.05) is 17.9 Å². The Morgan fingerprint density at radius 1 is 1.14 bits per heavy atom. The summed E-state index contributed by atoms with van der Waals surface area (Å²) < 4.78 is 2.85. The van der Waals surface area contributed by atoms with Gasteiger partial charge in [-0.15, -0.1) is 12.4 Å². The van der Waals surface area contributed by atoms with Gasteiger partial charge in [-0.05, 0) is 44.6 Å². The Balaban J connectivity index is 0.00000280. The Bertz CT molecular complexity index is 918. The van der Waals surface area contributed by atoms with E-state index >= 15 is 0 Å². The third kappa shape index (κ3) is 4.54. The van der Waals surface area contributed by atoms with E-state index in [1.54, 1.807) is 28.3 Å². The van der Waals surface area contributed by atoms with Crippen LogP contribution in [0.1, 0.15) is 36.8 Å². The molecule has 1 aromatic carbocycles. The number of carbonyl (C=O) groups excluding carboxylic acids is 1. The molecule has 3 aromatic rings. The minimum absolute atomic E-state index is 0. The number of rotatable bonds is 8. The van der Waals surface area contributed by atoms with Crippen LogP contribution in [-0.4, -0.2) is 51.8 Å². The van der Waals surface area contributed by atoms with E-state index in [2.05, 4.69) is 42.9 Å². The third-order valence-electron chi connectivity index (χ3n) is 4.85. The average molecular weight is 422 g/mol. The minimum Gasteiger partial charge on any atom is -0.302 e. The molecule has 28 heavy (non-hydrogen) atoms. The number of aromatic nitrogens is 3. The Labute approximate surface area is 176 Å². The predicted octanol–water partition coefficient (Wildman–Crippen LogP) is 4.23. The zero-order valence-electron chi connectivity index (χ0n) is 16.9. The van der Waals surface area contributed by atoms with Crippen LogP contribution >= 0.6 is 23.7 Å². The molecule has 0 unspecified atom stereocenters. The molecule has 2 heterocycles. The molecule has 152 valence electrons. The molecule has 0 aliphatic carbocycles. The molecule has 0 spiro atoms. The molecule has 3 rings (SSSR count). The Morgan fingerprint density at radius 2 is 1.89 bits per heavy atom. The second-order valence-electron chi connectivity index (χ2n) is 6.43. The topological polar surface area (TPSA) is 54.3 Å². The van der Waals surface area contributed by atoms with Crippen LogP contribution in [0.3, 0.4) is 0 Å². The number of benzene rings is 1. The number of hydrogen-bond acceptors (Lipinski definition) is 5. The minimum atomic E-state index is -0.0433. The van der Waals surface area contributed by atoms with Crippen molar-refractivity contribution < 1.29 is 4.79 Å². The van der Waals surface area contributed by atoms with Crippen LogP contribution in [-0.2, 0) is 6.54 Å². The van der Waals surface area contributed by atoms with Crippen LogP contribution in [0.25, 0.3) is 10.2 Å². The Kier molecular flexibility index (Phi) is 7.98. The van der Waals surface area contributed by atoms with Gasteiger partial charge in [-0.3, -0.25) is 14.4 Å². The fourth-order valence-corrected chi connectivity index (χ4v) is 4.23. The fraction of sp³-hybridized carbons (Fsp3) is 0.450. The maximum atomic E-state index is 13.4. The molecule has 8 heteroatoms. The van der Waals surface area contributed by atoms with Crippen LogP contribution < -0.4 is 4.90 Å². The van der Waals surface area contributed by atoms with E-state index in [1.165, 1.54) is 0 Å². The summed E-state index contributed by atoms with van der Waals surface area (Å²) in [5, 5.41) is 5.01. The third-order valence-corrected chi connectivity index (χ3v) is 5.90. The van der Waals surface area contributed by atoms with Crippen molar-refractivity contribution in [2.45, 2.75) is 34.2 Å². The lowest BCUT2D eigenvalue weighted by Gasteiger charge is -2.24. The maximum absolute atomic E-state index is 13.4. The largest absolute Gasteiger partial charge is 0.302 e. The first-order valence-corrected chi connectivity index (χ1v) is 10.3. The van der Waals surface area contributed by atoms with Crippen molar-refractivity contribution in [2.24, 2.45) is 0 Å². The first-order chi connectivity index (χ1) is 13.1. The summed E-state index contributed by atoms with van der Waals surface area (Å²) in [7, 11) is 0. The molecule has 0 N–H and O–H groups in total. The molecule has 0 aliphatic rings. The van der Waals surface area contributed by atoms with Crippen molar-refractivity contribution in [1.29, 1.82) is 0 Å². The molecule has 6 nitrogen and oxygen atoms in total. The summed E-state index contributed by atoms with van der Waals surface area (Å²) in [4.78, 5) is 22.3. The number of anilines is 1. The number of para-hydroxylation sites is 1. The molecule has 0 atom stereocenters. The molecule has 1 amide bonds. The van der Waals surface area contributed by atoms with Gasteiger partial charge >= 0.3 is 0 Å². The molecule has 0 bridgehead atoms. The molecule has 0 saturated heterocycles. The van der Waals surface area contributed by atoms with E-state index in [0.717, 1.165) is 40.5 Å². The number of amides is 1.